The van der Waals surface area contributed by atoms with Crippen LogP contribution in [-0.4, -0.2) is 36.3 Å². The molecule has 0 radical (unpaired) electrons. The summed E-state index contributed by atoms with van der Waals surface area (Å²) in [5, 5.41) is 0.846. The monoisotopic (exact) mass is 353 g/mol. The quantitative estimate of drug-likeness (QED) is 0.748. The second kappa shape index (κ2) is 6.78. The van der Waals surface area contributed by atoms with Crippen molar-refractivity contribution >= 4 is 40.1 Å². The molecular formula is C18H19N5OS. The van der Waals surface area contributed by atoms with E-state index in [0.717, 1.165) is 47.0 Å². The number of nitrogens with two attached hydrogens (primary N) is 2. The summed E-state index contributed by atoms with van der Waals surface area (Å²) in [4.78, 5) is 12.9. The molecule has 1 aromatic heterocycles. The van der Waals surface area contributed by atoms with Crippen molar-refractivity contribution in [2.45, 2.75) is 9.79 Å². The van der Waals surface area contributed by atoms with Gasteiger partial charge in [0.25, 0.3) is 0 Å². The van der Waals surface area contributed by atoms with E-state index in [1.165, 1.54) is 5.69 Å². The molecule has 0 aliphatic carbocycles. The van der Waals surface area contributed by atoms with E-state index in [-0.39, 0.29) is 5.95 Å². The Morgan fingerprint density at radius 3 is 2.48 bits per heavy atom. The second-order valence-corrected chi connectivity index (χ2v) is 6.93. The molecular weight excluding hydrogens is 334 g/mol. The van der Waals surface area contributed by atoms with Crippen LogP contribution in [0.1, 0.15) is 0 Å². The Morgan fingerprint density at radius 2 is 1.72 bits per heavy atom. The van der Waals surface area contributed by atoms with Crippen molar-refractivity contribution in [2.75, 3.05) is 42.7 Å². The zero-order valence-corrected chi connectivity index (χ0v) is 14.5. The summed E-state index contributed by atoms with van der Waals surface area (Å²) in [6, 6.07) is 14.4. The number of morpholine rings is 1. The number of rotatable bonds is 3. The van der Waals surface area contributed by atoms with Gasteiger partial charge in [0.05, 0.1) is 24.1 Å². The Hall–Kier alpha value is -2.51. The minimum atomic E-state index is 0.196. The van der Waals surface area contributed by atoms with E-state index in [2.05, 4.69) is 39.1 Å². The molecule has 25 heavy (non-hydrogen) atoms. The van der Waals surface area contributed by atoms with Crippen LogP contribution in [-0.2, 0) is 4.74 Å². The maximum absolute atomic E-state index is 6.07. The number of nitrogen functional groups attached to an aromatic ring is 2. The number of nitrogens with zero attached hydrogens (tertiary/aromatic N) is 3. The predicted molar refractivity (Wildman–Crippen MR) is 102 cm³/mol. The van der Waals surface area contributed by atoms with Crippen molar-refractivity contribution in [3.05, 3.63) is 42.5 Å². The molecule has 0 bridgehead atoms. The molecule has 128 valence electrons. The van der Waals surface area contributed by atoms with Crippen LogP contribution in [0.2, 0.25) is 0 Å². The van der Waals surface area contributed by atoms with E-state index in [0.29, 0.717) is 5.82 Å². The smallest absolute Gasteiger partial charge is 0.222 e. The lowest BCUT2D eigenvalue weighted by Crippen LogP contribution is -2.36. The molecule has 0 unspecified atom stereocenters. The molecule has 1 saturated heterocycles. The lowest BCUT2D eigenvalue weighted by molar-refractivity contribution is 0.122. The largest absolute Gasteiger partial charge is 0.383 e. The molecule has 0 amide bonds. The fraction of sp³-hybridized carbons (Fsp3) is 0.222. The van der Waals surface area contributed by atoms with E-state index < -0.39 is 0 Å². The van der Waals surface area contributed by atoms with Crippen LogP contribution in [0.25, 0.3) is 10.9 Å². The van der Waals surface area contributed by atoms with Gasteiger partial charge in [-0.05, 0) is 36.4 Å². The Balaban J connectivity index is 1.61. The van der Waals surface area contributed by atoms with Crippen molar-refractivity contribution < 1.29 is 4.74 Å². The van der Waals surface area contributed by atoms with Crippen LogP contribution in [0.3, 0.4) is 0 Å². The third-order valence-corrected chi connectivity index (χ3v) is 5.24. The van der Waals surface area contributed by atoms with Gasteiger partial charge in [0, 0.05) is 28.6 Å². The lowest BCUT2D eigenvalue weighted by atomic mass is 10.2. The molecule has 3 aromatic rings. The van der Waals surface area contributed by atoms with Crippen LogP contribution >= 0.6 is 11.8 Å². The fourth-order valence-corrected chi connectivity index (χ4v) is 3.94. The van der Waals surface area contributed by atoms with E-state index in [4.69, 9.17) is 16.2 Å². The molecule has 4 rings (SSSR count). The minimum absolute atomic E-state index is 0.196. The standard InChI is InChI=1S/C18H19N5OS/c19-17-16-14(21-18(20)22-17)2-1-3-15(16)25-13-6-4-12(5-7-13)23-8-10-24-11-9-23/h1-7H,8-11H2,(H4,19,20,21,22). The number of hydrogen-bond donors (Lipinski definition) is 2. The van der Waals surface area contributed by atoms with Gasteiger partial charge in [-0.15, -0.1) is 0 Å². The van der Waals surface area contributed by atoms with Crippen molar-refractivity contribution in [1.82, 2.24) is 9.97 Å². The maximum atomic E-state index is 6.07. The van der Waals surface area contributed by atoms with Crippen molar-refractivity contribution in [2.24, 2.45) is 0 Å². The Kier molecular flexibility index (Phi) is 4.33. The summed E-state index contributed by atoms with van der Waals surface area (Å²) >= 11 is 1.65. The first-order chi connectivity index (χ1) is 12.2. The first-order valence-corrected chi connectivity index (χ1v) is 8.95. The average Bonchev–Trinajstić information content (AvgIpc) is 2.63. The Labute approximate surface area is 150 Å². The van der Waals surface area contributed by atoms with Crippen molar-refractivity contribution in [3.63, 3.8) is 0 Å². The molecule has 2 aromatic carbocycles. The van der Waals surface area contributed by atoms with Crippen LogP contribution in [0.5, 0.6) is 0 Å². The highest BCUT2D eigenvalue weighted by atomic mass is 32.2. The van der Waals surface area contributed by atoms with Crippen molar-refractivity contribution in [1.29, 1.82) is 0 Å². The molecule has 0 spiro atoms. The molecule has 1 aliphatic heterocycles. The molecule has 0 saturated carbocycles. The highest BCUT2D eigenvalue weighted by Crippen LogP contribution is 2.36. The highest BCUT2D eigenvalue weighted by Gasteiger charge is 2.12. The van der Waals surface area contributed by atoms with E-state index in [1.807, 2.05) is 18.2 Å². The highest BCUT2D eigenvalue weighted by molar-refractivity contribution is 7.99. The number of aromatic nitrogens is 2. The third-order valence-electron chi connectivity index (χ3n) is 4.17. The number of ether oxygens (including phenoxy) is 1. The summed E-state index contributed by atoms with van der Waals surface area (Å²) in [5.41, 5.74) is 13.7. The fourth-order valence-electron chi connectivity index (χ4n) is 2.96. The maximum Gasteiger partial charge on any atom is 0.222 e. The first-order valence-electron chi connectivity index (χ1n) is 8.13. The van der Waals surface area contributed by atoms with Crippen LogP contribution < -0.4 is 16.4 Å². The minimum Gasteiger partial charge on any atom is -0.383 e. The zero-order chi connectivity index (χ0) is 17.2. The summed E-state index contributed by atoms with van der Waals surface area (Å²) in [7, 11) is 0. The molecule has 6 nitrogen and oxygen atoms in total. The Morgan fingerprint density at radius 1 is 0.960 bits per heavy atom. The summed E-state index contributed by atoms with van der Waals surface area (Å²) < 4.78 is 5.41. The van der Waals surface area contributed by atoms with E-state index in [9.17, 15) is 0 Å². The van der Waals surface area contributed by atoms with Gasteiger partial charge in [0.1, 0.15) is 5.82 Å². The molecule has 4 N–H and O–H groups in total. The van der Waals surface area contributed by atoms with Gasteiger partial charge in [0.15, 0.2) is 0 Å². The number of benzene rings is 2. The SMILES string of the molecule is Nc1nc(N)c2c(Sc3ccc(N4CCOCC4)cc3)cccc2n1. The normalized spacial score (nSPS) is 14.8. The van der Waals surface area contributed by atoms with Crippen LogP contribution in [0, 0.1) is 0 Å². The van der Waals surface area contributed by atoms with Gasteiger partial charge < -0.3 is 21.1 Å². The zero-order valence-electron chi connectivity index (χ0n) is 13.7. The molecule has 1 fully saturated rings. The van der Waals surface area contributed by atoms with Gasteiger partial charge in [0.2, 0.25) is 5.95 Å². The summed E-state index contributed by atoms with van der Waals surface area (Å²) in [6.07, 6.45) is 0. The summed E-state index contributed by atoms with van der Waals surface area (Å²) in [6.45, 7) is 3.44. The van der Waals surface area contributed by atoms with Gasteiger partial charge in [-0.3, -0.25) is 0 Å². The Bertz CT molecular complexity index is 894. The van der Waals surface area contributed by atoms with Crippen LogP contribution in [0.15, 0.2) is 52.3 Å². The second-order valence-electron chi connectivity index (χ2n) is 5.81. The number of fused-ring (bicyclic) bond motifs is 1. The van der Waals surface area contributed by atoms with Gasteiger partial charge in [-0.2, -0.15) is 4.98 Å². The lowest BCUT2D eigenvalue weighted by Gasteiger charge is -2.28. The van der Waals surface area contributed by atoms with E-state index >= 15 is 0 Å². The van der Waals surface area contributed by atoms with Crippen LogP contribution in [0.4, 0.5) is 17.5 Å². The third kappa shape index (κ3) is 3.33. The van der Waals surface area contributed by atoms with E-state index in [1.54, 1.807) is 11.8 Å². The average molecular weight is 353 g/mol. The number of hydrogen-bond acceptors (Lipinski definition) is 7. The number of anilines is 3. The summed E-state index contributed by atoms with van der Waals surface area (Å²) in [5.74, 6) is 0.609. The van der Waals surface area contributed by atoms with Gasteiger partial charge >= 0.3 is 0 Å². The molecule has 1 aliphatic rings. The van der Waals surface area contributed by atoms with Gasteiger partial charge in [-0.25, -0.2) is 4.98 Å². The molecule has 7 heteroatoms. The van der Waals surface area contributed by atoms with Crippen molar-refractivity contribution in [3.8, 4) is 0 Å². The predicted octanol–water partition coefficient (Wildman–Crippen LogP) is 2.78. The first kappa shape index (κ1) is 16.0. The topological polar surface area (TPSA) is 90.3 Å². The molecule has 2 heterocycles. The van der Waals surface area contributed by atoms with Gasteiger partial charge in [-0.1, -0.05) is 17.8 Å². The molecule has 0 atom stereocenters.